The summed E-state index contributed by atoms with van der Waals surface area (Å²) in [4.78, 5) is 0. The fraction of sp³-hybridized carbons (Fsp3) is 0.667. The molecule has 0 saturated heterocycles. The van der Waals surface area contributed by atoms with Crippen LogP contribution in [0.2, 0.25) is 0 Å². The van der Waals surface area contributed by atoms with Crippen molar-refractivity contribution < 1.29 is 13.2 Å². The van der Waals surface area contributed by atoms with Crippen LogP contribution in [0, 0.1) is 6.42 Å². The van der Waals surface area contributed by atoms with Crippen molar-refractivity contribution >= 4 is 50.3 Å². The summed E-state index contributed by atoms with van der Waals surface area (Å²) in [6.45, 7) is 4.00. The number of hydrogen-bond donors (Lipinski definition) is 0. The molecule has 0 unspecified atom stereocenters. The third-order valence-electron chi connectivity index (χ3n) is 0. The summed E-state index contributed by atoms with van der Waals surface area (Å²) in [5.74, 6) is 0. The Morgan fingerprint density at radius 3 is 1.29 bits per heavy atom. The molecule has 0 N–H and O–H groups in total. The Balaban J connectivity index is -0.0000000400. The molecule has 0 aliphatic heterocycles. The van der Waals surface area contributed by atoms with Crippen LogP contribution in [0.4, 0.5) is 0 Å². The fourth-order valence-electron chi connectivity index (χ4n) is 0. The minimum Gasteiger partial charge on any atom is 0.316 e. The third-order valence-corrected chi connectivity index (χ3v) is 0. The van der Waals surface area contributed by atoms with Gasteiger partial charge in [0, 0.05) is 0 Å². The van der Waals surface area contributed by atoms with Crippen molar-refractivity contribution in [3.63, 3.8) is 0 Å². The van der Waals surface area contributed by atoms with Crippen molar-refractivity contribution in [1.82, 2.24) is 0 Å². The molecular formula is C3H9Br2MgZn. The van der Waals surface area contributed by atoms with Crippen molar-refractivity contribution in [2.24, 2.45) is 0 Å². The van der Waals surface area contributed by atoms with Crippen molar-refractivity contribution in [3.05, 3.63) is 6.42 Å². The first-order chi connectivity index (χ1) is 2.83. The topological polar surface area (TPSA) is 0 Å². The molecule has 0 aliphatic rings. The van der Waals surface area contributed by atoms with Gasteiger partial charge in [0.15, 0.2) is 0 Å². The van der Waals surface area contributed by atoms with E-state index in [4.69, 9.17) is 0 Å². The molecule has 0 rings (SSSR count). The van der Waals surface area contributed by atoms with Crippen LogP contribution >= 0.6 is 27.2 Å². The minimum absolute atomic E-state index is 0. The van der Waals surface area contributed by atoms with Gasteiger partial charge in [0.1, 0.15) is 0 Å². The average molecular weight is 295 g/mol. The molecule has 39 valence electrons. The van der Waals surface area contributed by atoms with E-state index in [1.165, 1.54) is 0 Å². The second-order valence-corrected chi connectivity index (χ2v) is 14.7. The molecule has 0 aromatic heterocycles. The van der Waals surface area contributed by atoms with Crippen LogP contribution in [-0.2, 0) is 13.2 Å². The molecule has 0 aromatic carbocycles. The quantitative estimate of drug-likeness (QED) is 0.600. The van der Waals surface area contributed by atoms with Crippen molar-refractivity contribution in [3.8, 4) is 0 Å². The zero-order chi connectivity index (χ0) is 5.41. The van der Waals surface area contributed by atoms with Gasteiger partial charge in [-0.05, 0) is 6.42 Å². The largest absolute Gasteiger partial charge is 0.316 e. The maximum Gasteiger partial charge on any atom is 0.316 e. The maximum absolute atomic E-state index is 3.25. The molecule has 4 heteroatoms. The maximum atomic E-state index is 3.25. The Morgan fingerprint density at radius 2 is 1.29 bits per heavy atom. The molecular weight excluding hydrogens is 286 g/mol. The molecule has 0 aromatic rings. The molecule has 0 heterocycles. The van der Waals surface area contributed by atoms with Gasteiger partial charge in [0.2, 0.25) is 0 Å². The van der Waals surface area contributed by atoms with E-state index < -0.39 is 0 Å². The third kappa shape index (κ3) is 61.0. The van der Waals surface area contributed by atoms with Crippen LogP contribution in [0.25, 0.3) is 0 Å². The second kappa shape index (κ2) is 23.8. The smallest absolute Gasteiger partial charge is 0.316 e. The van der Waals surface area contributed by atoms with E-state index >= 15 is 0 Å². The molecule has 0 aliphatic carbocycles. The molecule has 0 bridgehead atoms. The van der Waals surface area contributed by atoms with Gasteiger partial charge in [-0.1, -0.05) is 13.8 Å². The Labute approximate surface area is 82.7 Å². The molecule has 0 saturated carbocycles. The molecule has 1 radical (unpaired) electrons. The Bertz CT molecular complexity index is 14.9. The summed E-state index contributed by atoms with van der Waals surface area (Å²) in [6.07, 6.45) is 2.00. The van der Waals surface area contributed by atoms with Gasteiger partial charge < -0.3 is 0 Å². The van der Waals surface area contributed by atoms with Crippen LogP contribution in [0.5, 0.6) is 0 Å². The van der Waals surface area contributed by atoms with Gasteiger partial charge >= 0.3 is 63.5 Å². The molecule has 0 fully saturated rings. The van der Waals surface area contributed by atoms with Crippen LogP contribution in [-0.4, -0.2) is 23.1 Å². The van der Waals surface area contributed by atoms with E-state index in [2.05, 4.69) is 27.2 Å². The first-order valence-electron chi connectivity index (χ1n) is 1.69. The van der Waals surface area contributed by atoms with Crippen LogP contribution in [0.15, 0.2) is 0 Å². The van der Waals surface area contributed by atoms with Gasteiger partial charge in [0.05, 0.1) is 0 Å². The minimum atomic E-state index is -0.250. The van der Waals surface area contributed by atoms with Crippen LogP contribution in [0.1, 0.15) is 13.8 Å². The van der Waals surface area contributed by atoms with Gasteiger partial charge in [0.25, 0.3) is 0 Å². The van der Waals surface area contributed by atoms with Crippen LogP contribution in [0.3, 0.4) is 0 Å². The van der Waals surface area contributed by atoms with Gasteiger partial charge in [-0.3, -0.25) is 0 Å². The van der Waals surface area contributed by atoms with E-state index in [0.717, 1.165) is 0 Å². The second-order valence-electron chi connectivity index (χ2n) is 0.678. The molecule has 7 heavy (non-hydrogen) atoms. The van der Waals surface area contributed by atoms with Gasteiger partial charge in [-0.15, -0.1) is 0 Å². The van der Waals surface area contributed by atoms with Crippen LogP contribution < -0.4 is 0 Å². The normalized spacial score (nSPS) is 4.00. The van der Waals surface area contributed by atoms with E-state index in [0.29, 0.717) is 0 Å². The van der Waals surface area contributed by atoms with E-state index in [1.54, 1.807) is 0 Å². The summed E-state index contributed by atoms with van der Waals surface area (Å²) < 4.78 is 0. The summed E-state index contributed by atoms with van der Waals surface area (Å²) in [7, 11) is 0. The zero-order valence-electron chi connectivity index (χ0n) is 4.04. The predicted octanol–water partition coefficient (Wildman–Crippen LogP) is 2.00. The molecule has 0 nitrogen and oxygen atoms in total. The Hall–Kier alpha value is 2.35. The first-order valence-corrected chi connectivity index (χ1v) is 15.6. The van der Waals surface area contributed by atoms with E-state index in [9.17, 15) is 0 Å². The summed E-state index contributed by atoms with van der Waals surface area (Å²) in [6, 6.07) is 0. The molecule has 0 amide bonds. The number of halogens is 2. The van der Waals surface area contributed by atoms with Crippen molar-refractivity contribution in [1.29, 1.82) is 0 Å². The summed E-state index contributed by atoms with van der Waals surface area (Å²) in [5.41, 5.74) is 0. The van der Waals surface area contributed by atoms with Gasteiger partial charge in [-0.2, -0.15) is 0 Å². The summed E-state index contributed by atoms with van der Waals surface area (Å²) in [5, 5.41) is 0. The summed E-state index contributed by atoms with van der Waals surface area (Å²) >= 11 is 6.25. The molecule has 0 atom stereocenters. The van der Waals surface area contributed by atoms with Gasteiger partial charge in [-0.25, -0.2) is 0 Å². The standard InChI is InChI=1S/C3H7.2BrH.Mg.Zn.2H/c1-3-2;;;;;;/h3H,1-2H3;2*1H;;;;/q;;;;+2;;/p-2. The SMILES string of the molecule is C[CH]C.[Br][Zn][Br].[MgH2]. The fourth-order valence-corrected chi connectivity index (χ4v) is 0. The monoisotopic (exact) mass is 291 g/mol. The predicted molar refractivity (Wildman–Crippen MR) is 42.0 cm³/mol. The Morgan fingerprint density at radius 1 is 1.29 bits per heavy atom. The number of hydrogen-bond acceptors (Lipinski definition) is 0. The van der Waals surface area contributed by atoms with E-state index in [1.807, 2.05) is 20.3 Å². The Kier molecular flexibility index (Phi) is 55.1. The van der Waals surface area contributed by atoms with E-state index in [-0.39, 0.29) is 36.3 Å². The molecule has 0 spiro atoms. The first kappa shape index (κ1) is 16.2. The van der Waals surface area contributed by atoms with Crippen molar-refractivity contribution in [2.75, 3.05) is 0 Å². The zero-order valence-corrected chi connectivity index (χ0v) is 10.2. The number of rotatable bonds is 0. The average Bonchev–Trinajstić information content (AvgIpc) is 1.39. The van der Waals surface area contributed by atoms with Crippen molar-refractivity contribution in [2.45, 2.75) is 13.8 Å².